The summed E-state index contributed by atoms with van der Waals surface area (Å²) in [6, 6.07) is 5.72. The van der Waals surface area contributed by atoms with Crippen LogP contribution in [0, 0.1) is 0 Å². The highest BCUT2D eigenvalue weighted by atomic mass is 16.5. The molecule has 0 amide bonds. The van der Waals surface area contributed by atoms with Gasteiger partial charge in [0.1, 0.15) is 11.5 Å². The molecule has 0 atom stereocenters. The lowest BCUT2D eigenvalue weighted by atomic mass is 10.2. The second kappa shape index (κ2) is 6.97. The smallest absolute Gasteiger partial charge is 0.225 e. The Morgan fingerprint density at radius 2 is 2.10 bits per heavy atom. The van der Waals surface area contributed by atoms with Gasteiger partial charge in [-0.2, -0.15) is 5.53 Å². The van der Waals surface area contributed by atoms with Crippen LogP contribution in [0.2, 0.25) is 0 Å². The van der Waals surface area contributed by atoms with E-state index in [1.165, 1.54) is 0 Å². The van der Waals surface area contributed by atoms with Crippen molar-refractivity contribution in [3.8, 4) is 11.5 Å². The lowest BCUT2D eigenvalue weighted by molar-refractivity contribution is 0.301. The van der Waals surface area contributed by atoms with Gasteiger partial charge in [0, 0.05) is 18.2 Å². The lowest BCUT2D eigenvalue weighted by Gasteiger charge is -2.14. The van der Waals surface area contributed by atoms with Gasteiger partial charge in [0.05, 0.1) is 20.8 Å². The van der Waals surface area contributed by atoms with Gasteiger partial charge in [0.15, 0.2) is 0 Å². The topological polar surface area (TPSA) is 70.2 Å². The van der Waals surface area contributed by atoms with E-state index >= 15 is 0 Å². The van der Waals surface area contributed by atoms with Crippen LogP contribution in [0.1, 0.15) is 18.9 Å². The molecule has 0 radical (unpaired) electrons. The zero-order valence-electron chi connectivity index (χ0n) is 12.1. The Hall–Kier alpha value is -1.99. The summed E-state index contributed by atoms with van der Waals surface area (Å²) in [5.41, 5.74) is 9.79. The Morgan fingerprint density at radius 3 is 2.80 bits per heavy atom. The van der Waals surface area contributed by atoms with Gasteiger partial charge in [0.25, 0.3) is 0 Å². The fourth-order valence-corrected chi connectivity index (χ4v) is 1.92. The molecule has 7 nitrogen and oxygen atoms in total. The minimum absolute atomic E-state index is 0.527. The van der Waals surface area contributed by atoms with E-state index in [2.05, 4.69) is 28.4 Å². The summed E-state index contributed by atoms with van der Waals surface area (Å²) in [6.45, 7) is 3.52. The number of nitrogens with zero attached hydrogens (tertiary/aromatic N) is 2. The molecule has 0 bridgehead atoms. The average Bonchev–Trinajstić information content (AvgIpc) is 2.92. The molecule has 1 aliphatic rings. The van der Waals surface area contributed by atoms with Crippen LogP contribution in [0.15, 0.2) is 23.2 Å². The normalized spacial score (nSPS) is 16.4. The van der Waals surface area contributed by atoms with Gasteiger partial charge in [-0.05, 0) is 18.6 Å². The van der Waals surface area contributed by atoms with Crippen molar-refractivity contribution in [2.24, 2.45) is 4.99 Å². The van der Waals surface area contributed by atoms with Crippen LogP contribution < -0.4 is 26.0 Å². The molecule has 20 heavy (non-hydrogen) atoms. The summed E-state index contributed by atoms with van der Waals surface area (Å²) in [5, 5.41) is 1.93. The average molecular weight is 279 g/mol. The third-order valence-electron chi connectivity index (χ3n) is 2.96. The number of hydrogen-bond acceptors (Lipinski definition) is 5. The largest absolute Gasteiger partial charge is 0.497 e. The maximum atomic E-state index is 5.36. The number of ether oxygens (including phenoxy) is 2. The fourth-order valence-electron chi connectivity index (χ4n) is 1.92. The van der Waals surface area contributed by atoms with Crippen molar-refractivity contribution in [1.82, 2.24) is 21.5 Å². The molecule has 0 unspecified atom stereocenters. The van der Waals surface area contributed by atoms with Crippen molar-refractivity contribution in [3.05, 3.63) is 23.8 Å². The summed E-state index contributed by atoms with van der Waals surface area (Å²) in [7, 11) is 3.28. The molecule has 3 N–H and O–H groups in total. The summed E-state index contributed by atoms with van der Waals surface area (Å²) in [4.78, 5) is 4.54. The molecule has 1 aliphatic heterocycles. The number of hydrogen-bond donors (Lipinski definition) is 3. The first-order valence-electron chi connectivity index (χ1n) is 6.58. The second-order valence-corrected chi connectivity index (χ2v) is 4.33. The molecule has 1 aromatic carbocycles. The highest BCUT2D eigenvalue weighted by Gasteiger charge is 2.16. The van der Waals surface area contributed by atoms with E-state index < -0.39 is 0 Å². The van der Waals surface area contributed by atoms with E-state index in [4.69, 9.17) is 9.47 Å². The molecular formula is C13H21N5O2. The molecule has 1 heterocycles. The third-order valence-corrected chi connectivity index (χ3v) is 2.96. The molecule has 7 heteroatoms. The monoisotopic (exact) mass is 279 g/mol. The number of guanidine groups is 1. The molecule has 110 valence electrons. The predicted molar refractivity (Wildman–Crippen MR) is 77.1 cm³/mol. The standard InChI is InChI=1S/C13H21N5O2/c1-4-7-18-13(15-16-17-18)14-9-10-5-6-11(19-2)8-12(10)20-3/h5-6,8,16-17H,4,7,9H2,1-3H3,(H,14,15). The minimum atomic E-state index is 0.527. The Morgan fingerprint density at radius 1 is 1.25 bits per heavy atom. The van der Waals surface area contributed by atoms with E-state index in [1.807, 2.05) is 23.2 Å². The number of aliphatic imine (C=N–C) groups is 1. The molecule has 2 rings (SSSR count). The van der Waals surface area contributed by atoms with Crippen molar-refractivity contribution >= 4 is 5.96 Å². The van der Waals surface area contributed by atoms with Crippen LogP contribution in [0.3, 0.4) is 0 Å². The number of benzene rings is 1. The highest BCUT2D eigenvalue weighted by molar-refractivity contribution is 5.80. The first-order valence-corrected chi connectivity index (χ1v) is 6.58. The molecule has 0 spiro atoms. The summed E-state index contributed by atoms with van der Waals surface area (Å²) < 4.78 is 10.5. The SMILES string of the molecule is CCCN1NNNC1=NCc1ccc(OC)cc1OC. The number of rotatable bonds is 6. The van der Waals surface area contributed by atoms with Crippen LogP contribution in [-0.2, 0) is 6.54 Å². The van der Waals surface area contributed by atoms with E-state index in [9.17, 15) is 0 Å². The Bertz CT molecular complexity index is 478. The van der Waals surface area contributed by atoms with Crippen molar-refractivity contribution in [2.45, 2.75) is 19.9 Å². The van der Waals surface area contributed by atoms with E-state index in [-0.39, 0.29) is 0 Å². The van der Waals surface area contributed by atoms with E-state index in [0.717, 1.165) is 36.0 Å². The quantitative estimate of drug-likeness (QED) is 0.715. The van der Waals surface area contributed by atoms with Gasteiger partial charge < -0.3 is 9.47 Å². The number of nitrogens with one attached hydrogen (secondary N) is 3. The van der Waals surface area contributed by atoms with Gasteiger partial charge >= 0.3 is 0 Å². The zero-order chi connectivity index (χ0) is 14.4. The summed E-state index contributed by atoms with van der Waals surface area (Å²) in [5.74, 6) is 2.31. The van der Waals surface area contributed by atoms with Crippen LogP contribution >= 0.6 is 0 Å². The maximum absolute atomic E-state index is 5.36. The Labute approximate surface area is 118 Å². The predicted octanol–water partition coefficient (Wildman–Crippen LogP) is 0.799. The molecule has 0 aliphatic carbocycles. The van der Waals surface area contributed by atoms with Crippen molar-refractivity contribution in [1.29, 1.82) is 0 Å². The van der Waals surface area contributed by atoms with Gasteiger partial charge in [-0.1, -0.05) is 6.92 Å². The van der Waals surface area contributed by atoms with Gasteiger partial charge in [-0.3, -0.25) is 10.4 Å². The fraction of sp³-hybridized carbons (Fsp3) is 0.462. The maximum Gasteiger partial charge on any atom is 0.225 e. The first kappa shape index (κ1) is 14.4. The van der Waals surface area contributed by atoms with Crippen molar-refractivity contribution in [3.63, 3.8) is 0 Å². The van der Waals surface area contributed by atoms with Crippen LogP contribution in [0.5, 0.6) is 11.5 Å². The zero-order valence-corrected chi connectivity index (χ0v) is 12.1. The molecule has 1 aromatic rings. The lowest BCUT2D eigenvalue weighted by Crippen LogP contribution is -2.38. The van der Waals surface area contributed by atoms with Crippen molar-refractivity contribution in [2.75, 3.05) is 20.8 Å². The third kappa shape index (κ3) is 3.31. The van der Waals surface area contributed by atoms with Gasteiger partial charge in [-0.15, -0.1) is 5.53 Å². The molecule has 1 saturated heterocycles. The minimum Gasteiger partial charge on any atom is -0.497 e. The Kier molecular flexibility index (Phi) is 5.03. The molecular weight excluding hydrogens is 258 g/mol. The molecule has 1 fully saturated rings. The number of hydrazine groups is 3. The van der Waals surface area contributed by atoms with Crippen LogP contribution in [0.4, 0.5) is 0 Å². The van der Waals surface area contributed by atoms with E-state index in [1.54, 1.807) is 14.2 Å². The molecule has 0 aromatic heterocycles. The van der Waals surface area contributed by atoms with Gasteiger partial charge in [-0.25, -0.2) is 4.99 Å². The van der Waals surface area contributed by atoms with E-state index in [0.29, 0.717) is 6.54 Å². The van der Waals surface area contributed by atoms with Crippen molar-refractivity contribution < 1.29 is 9.47 Å². The van der Waals surface area contributed by atoms with Gasteiger partial charge in [0.2, 0.25) is 5.96 Å². The number of methoxy groups -OCH3 is 2. The summed E-state index contributed by atoms with van der Waals surface area (Å²) in [6.07, 6.45) is 1.03. The summed E-state index contributed by atoms with van der Waals surface area (Å²) >= 11 is 0. The van der Waals surface area contributed by atoms with Crippen LogP contribution in [-0.4, -0.2) is 31.7 Å². The first-order chi connectivity index (χ1) is 9.78. The second-order valence-electron chi connectivity index (χ2n) is 4.33. The Balaban J connectivity index is 2.09. The molecule has 0 saturated carbocycles. The highest BCUT2D eigenvalue weighted by Crippen LogP contribution is 2.25. The van der Waals surface area contributed by atoms with Crippen LogP contribution in [0.25, 0.3) is 0 Å².